The van der Waals surface area contributed by atoms with E-state index in [2.05, 4.69) is 26.1 Å². The van der Waals surface area contributed by atoms with Crippen LogP contribution in [0.4, 0.5) is 0 Å². The highest BCUT2D eigenvalue weighted by Crippen LogP contribution is 2.28. The van der Waals surface area contributed by atoms with Gasteiger partial charge in [0, 0.05) is 12.1 Å². The van der Waals surface area contributed by atoms with Crippen molar-refractivity contribution in [1.29, 1.82) is 0 Å². The zero-order valence-electron chi connectivity index (χ0n) is 14.0. The van der Waals surface area contributed by atoms with E-state index in [9.17, 15) is 4.79 Å². The zero-order chi connectivity index (χ0) is 16.4. The highest BCUT2D eigenvalue weighted by molar-refractivity contribution is 5.92. The van der Waals surface area contributed by atoms with E-state index in [-0.39, 0.29) is 11.9 Å². The zero-order valence-corrected chi connectivity index (χ0v) is 14.0. The fourth-order valence-electron chi connectivity index (χ4n) is 2.03. The topological polar surface area (TPSA) is 47.6 Å². The molecule has 0 aromatic heterocycles. The van der Waals surface area contributed by atoms with Crippen LogP contribution >= 0.6 is 0 Å². The quantitative estimate of drug-likeness (QED) is 0.706. The predicted molar refractivity (Wildman–Crippen MR) is 90.3 cm³/mol. The Kier molecular flexibility index (Phi) is 8.11. The molecular weight excluding hydrogens is 278 g/mol. The van der Waals surface area contributed by atoms with Gasteiger partial charge in [0.25, 0.3) is 0 Å². The van der Waals surface area contributed by atoms with Crippen LogP contribution in [0, 0.1) is 0 Å². The Morgan fingerprint density at radius 3 is 2.55 bits per heavy atom. The van der Waals surface area contributed by atoms with Gasteiger partial charge in [-0.2, -0.15) is 0 Å². The molecule has 0 fully saturated rings. The maximum Gasteiger partial charge on any atom is 0.244 e. The molecule has 0 unspecified atom stereocenters. The van der Waals surface area contributed by atoms with E-state index in [1.54, 1.807) is 19.3 Å². The lowest BCUT2D eigenvalue weighted by atomic mass is 10.1. The molecule has 0 bridgehead atoms. The number of hydrogen-bond acceptors (Lipinski definition) is 3. The minimum Gasteiger partial charge on any atom is -0.493 e. The molecule has 0 aliphatic rings. The van der Waals surface area contributed by atoms with Gasteiger partial charge < -0.3 is 14.8 Å². The molecule has 22 heavy (non-hydrogen) atoms. The van der Waals surface area contributed by atoms with Crippen LogP contribution in [0.5, 0.6) is 11.5 Å². The van der Waals surface area contributed by atoms with E-state index in [1.165, 1.54) is 0 Å². The molecule has 0 radical (unpaired) electrons. The number of benzene rings is 1. The molecule has 0 atom stereocenters. The molecule has 0 saturated heterocycles. The molecule has 1 aromatic carbocycles. The molecule has 0 aliphatic carbocycles. The molecule has 1 aromatic rings. The van der Waals surface area contributed by atoms with E-state index in [0.29, 0.717) is 12.4 Å². The summed E-state index contributed by atoms with van der Waals surface area (Å²) in [6.45, 7) is 6.85. The molecule has 1 amide bonds. The van der Waals surface area contributed by atoms with Gasteiger partial charge in [-0.25, -0.2) is 0 Å². The third-order valence-electron chi connectivity index (χ3n) is 3.41. The maximum absolute atomic E-state index is 11.9. The lowest BCUT2D eigenvalue weighted by Crippen LogP contribution is -2.32. The second-order valence-corrected chi connectivity index (χ2v) is 5.11. The average Bonchev–Trinajstić information content (AvgIpc) is 2.56. The van der Waals surface area contributed by atoms with E-state index >= 15 is 0 Å². The summed E-state index contributed by atoms with van der Waals surface area (Å²) in [6, 6.07) is 5.88. The first kappa shape index (κ1) is 18.1. The molecule has 4 nitrogen and oxygen atoms in total. The number of hydrogen-bond donors (Lipinski definition) is 1. The van der Waals surface area contributed by atoms with Crippen molar-refractivity contribution >= 4 is 12.0 Å². The Labute approximate surface area is 133 Å². The second kappa shape index (κ2) is 9.87. The molecule has 0 spiro atoms. The minimum absolute atomic E-state index is 0.0704. The lowest BCUT2D eigenvalue weighted by Gasteiger charge is -2.12. The Morgan fingerprint density at radius 2 is 1.95 bits per heavy atom. The highest BCUT2D eigenvalue weighted by atomic mass is 16.5. The summed E-state index contributed by atoms with van der Waals surface area (Å²) in [6.07, 6.45) is 6.16. The van der Waals surface area contributed by atoms with Crippen LogP contribution in [-0.4, -0.2) is 25.7 Å². The third-order valence-corrected chi connectivity index (χ3v) is 3.41. The predicted octanol–water partition coefficient (Wildman–Crippen LogP) is 3.80. The van der Waals surface area contributed by atoms with E-state index in [1.807, 2.05) is 18.2 Å². The van der Waals surface area contributed by atoms with Crippen LogP contribution in [0.3, 0.4) is 0 Å². The average molecular weight is 305 g/mol. The number of nitrogens with one attached hydrogen (secondary N) is 1. The van der Waals surface area contributed by atoms with E-state index in [4.69, 9.17) is 9.47 Å². The molecule has 0 aliphatic heterocycles. The van der Waals surface area contributed by atoms with Crippen LogP contribution < -0.4 is 14.8 Å². The Hall–Kier alpha value is -1.97. The molecule has 122 valence electrons. The summed E-state index contributed by atoms with van der Waals surface area (Å²) in [4.78, 5) is 11.9. The van der Waals surface area contributed by atoms with Crippen LogP contribution in [0.1, 0.15) is 45.6 Å². The van der Waals surface area contributed by atoms with Gasteiger partial charge in [-0.1, -0.05) is 26.8 Å². The van der Waals surface area contributed by atoms with Crippen LogP contribution in [0.15, 0.2) is 24.3 Å². The lowest BCUT2D eigenvalue weighted by molar-refractivity contribution is -0.117. The van der Waals surface area contributed by atoms with Crippen LogP contribution in [-0.2, 0) is 4.79 Å². The van der Waals surface area contributed by atoms with Gasteiger partial charge in [0.1, 0.15) is 0 Å². The summed E-state index contributed by atoms with van der Waals surface area (Å²) in [5.74, 6) is 1.33. The Balaban J connectivity index is 2.72. The summed E-state index contributed by atoms with van der Waals surface area (Å²) >= 11 is 0. The fourth-order valence-corrected chi connectivity index (χ4v) is 2.03. The van der Waals surface area contributed by atoms with Gasteiger partial charge in [-0.3, -0.25) is 4.79 Å². The molecule has 0 saturated carbocycles. The number of carbonyl (C=O) groups excluding carboxylic acids is 1. The molecule has 1 N–H and O–H groups in total. The minimum atomic E-state index is -0.0704. The molecule has 0 heterocycles. The Morgan fingerprint density at radius 1 is 1.23 bits per heavy atom. The number of rotatable bonds is 9. The van der Waals surface area contributed by atoms with E-state index < -0.39 is 0 Å². The van der Waals surface area contributed by atoms with Gasteiger partial charge in [0.2, 0.25) is 5.91 Å². The van der Waals surface area contributed by atoms with Crippen LogP contribution in [0.2, 0.25) is 0 Å². The van der Waals surface area contributed by atoms with Crippen molar-refractivity contribution < 1.29 is 14.3 Å². The number of carbonyl (C=O) groups is 1. The molecular formula is C18H27NO3. The van der Waals surface area contributed by atoms with Crippen molar-refractivity contribution in [3.8, 4) is 11.5 Å². The Bertz CT molecular complexity index is 493. The fraction of sp³-hybridized carbons (Fsp3) is 0.500. The first-order valence-corrected chi connectivity index (χ1v) is 7.93. The summed E-state index contributed by atoms with van der Waals surface area (Å²) in [5.41, 5.74) is 0.903. The largest absolute Gasteiger partial charge is 0.493 e. The van der Waals surface area contributed by atoms with Crippen molar-refractivity contribution in [1.82, 2.24) is 5.32 Å². The van der Waals surface area contributed by atoms with Gasteiger partial charge in [0.05, 0.1) is 13.7 Å². The SMILES string of the molecule is CCCOc1ccc(/C=C/C(=O)NC(CC)CC)cc1OC. The third kappa shape index (κ3) is 5.80. The number of amides is 1. The van der Waals surface area contributed by atoms with Gasteiger partial charge in [0.15, 0.2) is 11.5 Å². The number of ether oxygens (including phenoxy) is 2. The van der Waals surface area contributed by atoms with Crippen molar-refractivity contribution in [2.45, 2.75) is 46.1 Å². The molecule has 4 heteroatoms. The van der Waals surface area contributed by atoms with Gasteiger partial charge in [-0.05, 0) is 43.0 Å². The highest BCUT2D eigenvalue weighted by Gasteiger charge is 2.06. The smallest absolute Gasteiger partial charge is 0.244 e. The molecule has 1 rings (SSSR count). The maximum atomic E-state index is 11.9. The first-order chi connectivity index (χ1) is 10.6. The van der Waals surface area contributed by atoms with Gasteiger partial charge >= 0.3 is 0 Å². The van der Waals surface area contributed by atoms with Crippen molar-refractivity contribution in [3.05, 3.63) is 29.8 Å². The van der Waals surface area contributed by atoms with Crippen LogP contribution in [0.25, 0.3) is 6.08 Å². The summed E-state index contributed by atoms with van der Waals surface area (Å²) in [5, 5.41) is 2.97. The standard InChI is InChI=1S/C18H27NO3/c1-5-12-22-16-10-8-14(13-17(16)21-4)9-11-18(20)19-15(6-2)7-3/h8-11,13,15H,5-7,12H2,1-4H3,(H,19,20)/b11-9+. The normalized spacial score (nSPS) is 11.0. The van der Waals surface area contributed by atoms with Crippen molar-refractivity contribution in [3.63, 3.8) is 0 Å². The van der Waals surface area contributed by atoms with Crippen molar-refractivity contribution in [2.75, 3.05) is 13.7 Å². The van der Waals surface area contributed by atoms with Crippen molar-refractivity contribution in [2.24, 2.45) is 0 Å². The summed E-state index contributed by atoms with van der Waals surface area (Å²) in [7, 11) is 1.61. The van der Waals surface area contributed by atoms with E-state index in [0.717, 1.165) is 30.6 Å². The second-order valence-electron chi connectivity index (χ2n) is 5.11. The first-order valence-electron chi connectivity index (χ1n) is 7.93. The summed E-state index contributed by atoms with van der Waals surface area (Å²) < 4.78 is 10.9. The van der Waals surface area contributed by atoms with Gasteiger partial charge in [-0.15, -0.1) is 0 Å². The monoisotopic (exact) mass is 305 g/mol. The number of methoxy groups -OCH3 is 1.